The van der Waals surface area contributed by atoms with Gasteiger partial charge in [0.25, 0.3) is 0 Å². The topological polar surface area (TPSA) is 128 Å². The van der Waals surface area contributed by atoms with E-state index in [4.69, 9.17) is 21.6 Å². The molecule has 172 valence electrons. The van der Waals surface area contributed by atoms with Crippen molar-refractivity contribution in [1.29, 1.82) is 0 Å². The minimum atomic E-state index is -1.09. The highest BCUT2D eigenvalue weighted by Crippen LogP contribution is 2.30. The van der Waals surface area contributed by atoms with Gasteiger partial charge in [0, 0.05) is 11.7 Å². The zero-order chi connectivity index (χ0) is 23.6. The highest BCUT2D eigenvalue weighted by Gasteiger charge is 2.21. The molecule has 0 spiro atoms. The van der Waals surface area contributed by atoms with Crippen molar-refractivity contribution in [3.05, 3.63) is 40.1 Å². The summed E-state index contributed by atoms with van der Waals surface area (Å²) in [7, 11) is 0. The number of carbonyl (C=O) groups is 1. The minimum Gasteiger partial charge on any atom is -0.478 e. The molecule has 3 aromatic rings. The second-order valence-corrected chi connectivity index (χ2v) is 8.62. The van der Waals surface area contributed by atoms with Gasteiger partial charge >= 0.3 is 5.97 Å². The Morgan fingerprint density at radius 3 is 2.56 bits per heavy atom. The van der Waals surface area contributed by atoms with E-state index in [0.29, 0.717) is 29.1 Å². The molecule has 9 nitrogen and oxygen atoms in total. The second-order valence-electron chi connectivity index (χ2n) is 8.21. The van der Waals surface area contributed by atoms with E-state index in [1.54, 1.807) is 6.07 Å². The molecule has 3 rings (SSSR count). The van der Waals surface area contributed by atoms with Gasteiger partial charge in [-0.2, -0.15) is 10.1 Å². The molecule has 0 saturated heterocycles. The molecule has 0 aliphatic rings. The number of aromatic amines is 1. The first kappa shape index (κ1) is 23.7. The van der Waals surface area contributed by atoms with E-state index in [0.717, 1.165) is 11.2 Å². The van der Waals surface area contributed by atoms with E-state index in [-0.39, 0.29) is 35.2 Å². The van der Waals surface area contributed by atoms with E-state index in [9.17, 15) is 15.0 Å². The first-order valence-electron chi connectivity index (χ1n) is 10.6. The number of anilines is 2. The quantitative estimate of drug-likeness (QED) is 0.398. The van der Waals surface area contributed by atoms with Crippen LogP contribution in [-0.4, -0.2) is 48.6 Å². The molecular formula is C22H29ClN6O3. The molecule has 1 unspecified atom stereocenters. The van der Waals surface area contributed by atoms with Crippen molar-refractivity contribution in [1.82, 2.24) is 19.7 Å². The van der Waals surface area contributed by atoms with E-state index in [1.807, 2.05) is 11.5 Å². The average Bonchev–Trinajstić information content (AvgIpc) is 3.16. The summed E-state index contributed by atoms with van der Waals surface area (Å²) in [6.45, 7) is 10.1. The molecule has 1 aromatic carbocycles. The SMILES string of the molecule is CCC(CO)N=c1nc(Nc2ccc(C(=O)O)c(Cl)c2)c2n[nH]c(C(C)C)c2n1C(C)C. The maximum Gasteiger partial charge on any atom is 0.337 e. The monoisotopic (exact) mass is 460 g/mol. The molecule has 1 atom stereocenters. The van der Waals surface area contributed by atoms with Crippen LogP contribution < -0.4 is 10.9 Å². The Morgan fingerprint density at radius 1 is 1.31 bits per heavy atom. The number of aromatic carboxylic acids is 1. The maximum absolute atomic E-state index is 11.3. The highest BCUT2D eigenvalue weighted by atomic mass is 35.5. The molecular weight excluding hydrogens is 432 g/mol. The Morgan fingerprint density at radius 2 is 2.03 bits per heavy atom. The number of benzene rings is 1. The molecule has 2 aromatic heterocycles. The maximum atomic E-state index is 11.3. The number of aliphatic hydroxyl groups excluding tert-OH is 1. The zero-order valence-corrected chi connectivity index (χ0v) is 19.6. The predicted octanol–water partition coefficient (Wildman–Crippen LogP) is 4.23. The average molecular weight is 461 g/mol. The number of hydrogen-bond donors (Lipinski definition) is 4. The van der Waals surface area contributed by atoms with E-state index in [2.05, 4.69) is 43.2 Å². The lowest BCUT2D eigenvalue weighted by Crippen LogP contribution is -2.30. The van der Waals surface area contributed by atoms with Crippen molar-refractivity contribution in [2.45, 2.75) is 59.0 Å². The first-order valence-corrected chi connectivity index (χ1v) is 11.0. The van der Waals surface area contributed by atoms with E-state index < -0.39 is 5.97 Å². The Balaban J connectivity index is 2.28. The van der Waals surface area contributed by atoms with Crippen molar-refractivity contribution in [3.63, 3.8) is 0 Å². The van der Waals surface area contributed by atoms with Gasteiger partial charge in [-0.15, -0.1) is 0 Å². The lowest BCUT2D eigenvalue weighted by Gasteiger charge is -2.18. The van der Waals surface area contributed by atoms with Crippen molar-refractivity contribution < 1.29 is 15.0 Å². The molecule has 2 heterocycles. The van der Waals surface area contributed by atoms with Crippen molar-refractivity contribution in [2.75, 3.05) is 11.9 Å². The molecule has 0 fully saturated rings. The molecule has 0 saturated carbocycles. The lowest BCUT2D eigenvalue weighted by atomic mass is 10.1. The number of H-pyrrole nitrogens is 1. The summed E-state index contributed by atoms with van der Waals surface area (Å²) >= 11 is 6.15. The summed E-state index contributed by atoms with van der Waals surface area (Å²) in [6, 6.07) is 4.37. The molecule has 0 bridgehead atoms. The van der Waals surface area contributed by atoms with Crippen molar-refractivity contribution in [2.24, 2.45) is 4.99 Å². The molecule has 0 aliphatic carbocycles. The Kier molecular flexibility index (Phi) is 7.20. The number of hydrogen-bond acceptors (Lipinski definition) is 6. The summed E-state index contributed by atoms with van der Waals surface area (Å²) < 4.78 is 2.03. The summed E-state index contributed by atoms with van der Waals surface area (Å²) in [5.74, 6) is -0.452. The van der Waals surface area contributed by atoms with Gasteiger partial charge < -0.3 is 20.1 Å². The van der Waals surface area contributed by atoms with Crippen LogP contribution in [-0.2, 0) is 0 Å². The number of halogens is 1. The van der Waals surface area contributed by atoms with Crippen LogP contribution in [0.4, 0.5) is 11.5 Å². The number of carboxylic acid groups (broad SMARTS) is 1. The second kappa shape index (κ2) is 9.70. The van der Waals surface area contributed by atoms with E-state index >= 15 is 0 Å². The van der Waals surface area contributed by atoms with Gasteiger partial charge in [0.05, 0.1) is 34.4 Å². The Bertz CT molecular complexity index is 1190. The normalized spacial score (nSPS) is 13.3. The molecule has 0 radical (unpaired) electrons. The van der Waals surface area contributed by atoms with Gasteiger partial charge in [-0.3, -0.25) is 5.10 Å². The van der Waals surface area contributed by atoms with Crippen LogP contribution in [0.2, 0.25) is 5.02 Å². The largest absolute Gasteiger partial charge is 0.478 e. The van der Waals surface area contributed by atoms with Gasteiger partial charge in [-0.05, 0) is 44.4 Å². The lowest BCUT2D eigenvalue weighted by molar-refractivity contribution is 0.0697. The Labute approximate surface area is 191 Å². The van der Waals surface area contributed by atoms with Crippen molar-refractivity contribution in [3.8, 4) is 0 Å². The number of rotatable bonds is 8. The molecule has 0 aliphatic heterocycles. The third-order valence-corrected chi connectivity index (χ3v) is 5.51. The Hall–Kier alpha value is -2.91. The number of aromatic nitrogens is 4. The summed E-state index contributed by atoms with van der Waals surface area (Å²) in [5, 5.41) is 29.9. The zero-order valence-electron chi connectivity index (χ0n) is 18.8. The van der Waals surface area contributed by atoms with Gasteiger partial charge in [0.1, 0.15) is 0 Å². The van der Waals surface area contributed by atoms with Crippen LogP contribution in [0.5, 0.6) is 0 Å². The van der Waals surface area contributed by atoms with Crippen LogP contribution in [0.25, 0.3) is 11.0 Å². The van der Waals surface area contributed by atoms with Crippen LogP contribution >= 0.6 is 11.6 Å². The van der Waals surface area contributed by atoms with Gasteiger partial charge in [-0.1, -0.05) is 32.4 Å². The highest BCUT2D eigenvalue weighted by molar-refractivity contribution is 6.33. The fourth-order valence-corrected chi connectivity index (χ4v) is 3.72. The van der Waals surface area contributed by atoms with Crippen molar-refractivity contribution >= 4 is 40.1 Å². The number of fused-ring (bicyclic) bond motifs is 1. The summed E-state index contributed by atoms with van der Waals surface area (Å²) in [6.07, 6.45) is 0.672. The molecule has 0 amide bonds. The van der Waals surface area contributed by atoms with Gasteiger partial charge in [0.2, 0.25) is 5.62 Å². The number of carboxylic acids is 1. The smallest absolute Gasteiger partial charge is 0.337 e. The first-order chi connectivity index (χ1) is 15.2. The van der Waals surface area contributed by atoms with Crippen LogP contribution in [0, 0.1) is 0 Å². The third kappa shape index (κ3) is 4.63. The molecule has 32 heavy (non-hydrogen) atoms. The molecule has 4 N–H and O–H groups in total. The fourth-order valence-electron chi connectivity index (χ4n) is 3.46. The summed E-state index contributed by atoms with van der Waals surface area (Å²) in [5.41, 5.74) is 3.54. The number of aliphatic hydroxyl groups is 1. The van der Waals surface area contributed by atoms with E-state index in [1.165, 1.54) is 12.1 Å². The van der Waals surface area contributed by atoms with Crippen LogP contribution in [0.3, 0.4) is 0 Å². The van der Waals surface area contributed by atoms with Crippen LogP contribution in [0.1, 0.15) is 69.1 Å². The van der Waals surface area contributed by atoms with Gasteiger partial charge in [-0.25, -0.2) is 9.79 Å². The fraction of sp³-hybridized carbons (Fsp3) is 0.455. The van der Waals surface area contributed by atoms with Crippen LogP contribution in [0.15, 0.2) is 23.2 Å². The van der Waals surface area contributed by atoms with Gasteiger partial charge in [0.15, 0.2) is 11.3 Å². The number of nitrogens with zero attached hydrogens (tertiary/aromatic N) is 4. The predicted molar refractivity (Wildman–Crippen MR) is 125 cm³/mol. The molecule has 10 heteroatoms. The minimum absolute atomic E-state index is 0.0207. The summed E-state index contributed by atoms with van der Waals surface area (Å²) in [4.78, 5) is 20.7. The standard InChI is InChI=1S/C22H29ClN6O3/c1-6-13(10-30)25-22-26-20(24-14-7-8-15(21(31)32)16(23)9-14)18-19(29(22)12(4)5)17(11(2)3)27-28-18/h7-9,11-13,30H,6,10H2,1-5H3,(H,27,28)(H,31,32)(H,24,25,26). The number of nitrogens with one attached hydrogen (secondary N) is 2. The third-order valence-electron chi connectivity index (χ3n) is 5.20.